The van der Waals surface area contributed by atoms with E-state index in [0.29, 0.717) is 37.8 Å². The topological polar surface area (TPSA) is 59.0 Å². The summed E-state index contributed by atoms with van der Waals surface area (Å²) < 4.78 is 11.9. The Morgan fingerprint density at radius 2 is 2.05 bits per heavy atom. The van der Waals surface area contributed by atoms with Crippen molar-refractivity contribution in [3.63, 3.8) is 0 Å². The Hall–Kier alpha value is -1.53. The SMILES string of the molecule is C=CCN(CC(=O)O)Cc1cc2c(cc1Br)OCCO2. The van der Waals surface area contributed by atoms with E-state index < -0.39 is 5.97 Å². The summed E-state index contributed by atoms with van der Waals surface area (Å²) in [6, 6.07) is 3.74. The second kappa shape index (κ2) is 6.76. The minimum Gasteiger partial charge on any atom is -0.486 e. The highest BCUT2D eigenvalue weighted by Crippen LogP contribution is 2.35. The summed E-state index contributed by atoms with van der Waals surface area (Å²) >= 11 is 3.49. The van der Waals surface area contributed by atoms with Gasteiger partial charge in [0.2, 0.25) is 0 Å². The van der Waals surface area contributed by atoms with E-state index in [4.69, 9.17) is 14.6 Å². The molecule has 0 unspecified atom stereocenters. The fourth-order valence-corrected chi connectivity index (χ4v) is 2.47. The number of hydrogen-bond donors (Lipinski definition) is 1. The smallest absolute Gasteiger partial charge is 0.317 e. The molecule has 1 heterocycles. The Balaban J connectivity index is 2.18. The first-order valence-corrected chi connectivity index (χ1v) is 7.02. The number of carboxylic acid groups (broad SMARTS) is 1. The maximum Gasteiger partial charge on any atom is 0.317 e. The zero-order valence-electron chi connectivity index (χ0n) is 11.0. The Morgan fingerprint density at radius 3 is 2.65 bits per heavy atom. The first-order valence-electron chi connectivity index (χ1n) is 6.23. The monoisotopic (exact) mass is 341 g/mol. The Labute approximate surface area is 125 Å². The second-order valence-corrected chi connectivity index (χ2v) is 5.29. The molecule has 6 heteroatoms. The predicted molar refractivity (Wildman–Crippen MR) is 78.2 cm³/mol. The highest BCUT2D eigenvalue weighted by Gasteiger charge is 2.17. The minimum absolute atomic E-state index is 0.0348. The summed E-state index contributed by atoms with van der Waals surface area (Å²) in [4.78, 5) is 12.6. The van der Waals surface area contributed by atoms with Crippen molar-refractivity contribution < 1.29 is 19.4 Å². The van der Waals surface area contributed by atoms with Gasteiger partial charge < -0.3 is 14.6 Å². The molecule has 0 spiro atoms. The average Bonchev–Trinajstić information content (AvgIpc) is 2.39. The summed E-state index contributed by atoms with van der Waals surface area (Å²) in [5.41, 5.74) is 0.956. The van der Waals surface area contributed by atoms with Crippen molar-refractivity contribution in [2.45, 2.75) is 6.54 Å². The van der Waals surface area contributed by atoms with Gasteiger partial charge in [0.25, 0.3) is 0 Å². The molecule has 0 bridgehead atoms. The van der Waals surface area contributed by atoms with Gasteiger partial charge in [0.05, 0.1) is 6.54 Å². The van der Waals surface area contributed by atoms with E-state index in [1.165, 1.54) is 0 Å². The molecule has 0 radical (unpaired) electrons. The lowest BCUT2D eigenvalue weighted by Gasteiger charge is -2.23. The van der Waals surface area contributed by atoms with E-state index in [-0.39, 0.29) is 6.54 Å². The fourth-order valence-electron chi connectivity index (χ4n) is 2.03. The van der Waals surface area contributed by atoms with Crippen molar-refractivity contribution in [3.8, 4) is 11.5 Å². The number of halogens is 1. The van der Waals surface area contributed by atoms with Crippen LogP contribution < -0.4 is 9.47 Å². The lowest BCUT2D eigenvalue weighted by atomic mass is 10.1. The zero-order chi connectivity index (χ0) is 14.5. The molecule has 5 nitrogen and oxygen atoms in total. The lowest BCUT2D eigenvalue weighted by Crippen LogP contribution is -2.29. The average molecular weight is 342 g/mol. The molecule has 108 valence electrons. The van der Waals surface area contributed by atoms with Crippen molar-refractivity contribution >= 4 is 21.9 Å². The van der Waals surface area contributed by atoms with E-state index in [1.54, 1.807) is 11.0 Å². The molecule has 0 aromatic heterocycles. The van der Waals surface area contributed by atoms with E-state index >= 15 is 0 Å². The third-order valence-corrected chi connectivity index (χ3v) is 3.59. The van der Waals surface area contributed by atoms with Crippen LogP contribution in [0, 0.1) is 0 Å². The van der Waals surface area contributed by atoms with E-state index in [1.807, 2.05) is 12.1 Å². The number of carbonyl (C=O) groups is 1. The van der Waals surface area contributed by atoms with Crippen LogP contribution in [0.25, 0.3) is 0 Å². The third-order valence-electron chi connectivity index (χ3n) is 2.85. The molecule has 20 heavy (non-hydrogen) atoms. The van der Waals surface area contributed by atoms with Crippen LogP contribution in [0.15, 0.2) is 29.3 Å². The number of aliphatic carboxylic acids is 1. The number of nitrogens with zero attached hydrogens (tertiary/aromatic N) is 1. The molecule has 0 atom stereocenters. The Morgan fingerprint density at radius 1 is 1.40 bits per heavy atom. The van der Waals surface area contributed by atoms with Gasteiger partial charge in [-0.25, -0.2) is 0 Å². The zero-order valence-corrected chi connectivity index (χ0v) is 12.6. The molecule has 1 N–H and O–H groups in total. The van der Waals surface area contributed by atoms with Gasteiger partial charge in [0.1, 0.15) is 13.2 Å². The van der Waals surface area contributed by atoms with Crippen LogP contribution in [0.5, 0.6) is 11.5 Å². The summed E-state index contributed by atoms with van der Waals surface area (Å²) in [6.45, 7) is 5.69. The van der Waals surface area contributed by atoms with Gasteiger partial charge in [-0.2, -0.15) is 0 Å². The van der Waals surface area contributed by atoms with Crippen molar-refractivity contribution in [2.24, 2.45) is 0 Å². The fraction of sp³-hybridized carbons (Fsp3) is 0.357. The molecule has 0 fully saturated rings. The van der Waals surface area contributed by atoms with Gasteiger partial charge in [0.15, 0.2) is 11.5 Å². The number of ether oxygens (including phenoxy) is 2. The Kier molecular flexibility index (Phi) is 5.03. The summed E-state index contributed by atoms with van der Waals surface area (Å²) in [6.07, 6.45) is 1.69. The van der Waals surface area contributed by atoms with Crippen molar-refractivity contribution in [1.29, 1.82) is 0 Å². The highest BCUT2D eigenvalue weighted by molar-refractivity contribution is 9.10. The van der Waals surface area contributed by atoms with Crippen LogP contribution in [0.2, 0.25) is 0 Å². The molecule has 1 aliphatic heterocycles. The van der Waals surface area contributed by atoms with Crippen LogP contribution in [0.4, 0.5) is 0 Å². The molecule has 1 aliphatic rings. The minimum atomic E-state index is -0.861. The molecular weight excluding hydrogens is 326 g/mol. The summed E-state index contributed by atoms with van der Waals surface area (Å²) in [5.74, 6) is 0.546. The van der Waals surface area contributed by atoms with Crippen LogP contribution in [-0.4, -0.2) is 42.3 Å². The predicted octanol–water partition coefficient (Wildman–Crippen LogP) is 2.29. The van der Waals surface area contributed by atoms with Crippen molar-refractivity contribution in [2.75, 3.05) is 26.3 Å². The van der Waals surface area contributed by atoms with Crippen molar-refractivity contribution in [1.82, 2.24) is 4.90 Å². The van der Waals surface area contributed by atoms with E-state index in [9.17, 15) is 4.79 Å². The summed E-state index contributed by atoms with van der Waals surface area (Å²) in [5, 5.41) is 8.92. The molecule has 0 aliphatic carbocycles. The largest absolute Gasteiger partial charge is 0.486 e. The molecule has 0 saturated carbocycles. The molecule has 2 rings (SSSR count). The number of fused-ring (bicyclic) bond motifs is 1. The quantitative estimate of drug-likeness (QED) is 0.804. The summed E-state index contributed by atoms with van der Waals surface area (Å²) in [7, 11) is 0. The first-order chi connectivity index (χ1) is 9.60. The molecule has 0 amide bonds. The van der Waals surface area contributed by atoms with E-state index in [0.717, 1.165) is 10.0 Å². The van der Waals surface area contributed by atoms with Crippen LogP contribution in [-0.2, 0) is 11.3 Å². The van der Waals surface area contributed by atoms with E-state index in [2.05, 4.69) is 22.5 Å². The molecule has 0 saturated heterocycles. The second-order valence-electron chi connectivity index (χ2n) is 4.44. The maximum absolute atomic E-state index is 10.9. The number of hydrogen-bond acceptors (Lipinski definition) is 4. The van der Waals surface area contributed by atoms with Gasteiger partial charge in [-0.15, -0.1) is 6.58 Å². The van der Waals surface area contributed by atoms with Gasteiger partial charge >= 0.3 is 5.97 Å². The van der Waals surface area contributed by atoms with Crippen LogP contribution in [0.1, 0.15) is 5.56 Å². The van der Waals surface area contributed by atoms with Crippen LogP contribution in [0.3, 0.4) is 0 Å². The van der Waals surface area contributed by atoms with Gasteiger partial charge in [0, 0.05) is 17.6 Å². The Bertz CT molecular complexity index is 518. The highest BCUT2D eigenvalue weighted by atomic mass is 79.9. The lowest BCUT2D eigenvalue weighted by molar-refractivity contribution is -0.138. The molecule has 1 aromatic rings. The normalized spacial score (nSPS) is 13.3. The van der Waals surface area contributed by atoms with Gasteiger partial charge in [-0.3, -0.25) is 9.69 Å². The number of benzene rings is 1. The maximum atomic E-state index is 10.9. The van der Waals surface area contributed by atoms with Gasteiger partial charge in [-0.1, -0.05) is 22.0 Å². The molecular formula is C14H16BrNO4. The van der Waals surface area contributed by atoms with Gasteiger partial charge in [-0.05, 0) is 17.7 Å². The number of rotatable bonds is 6. The number of carboxylic acids is 1. The third kappa shape index (κ3) is 3.74. The molecule has 1 aromatic carbocycles. The van der Waals surface area contributed by atoms with Crippen LogP contribution >= 0.6 is 15.9 Å². The first kappa shape index (κ1) is 14.9. The van der Waals surface area contributed by atoms with Crippen molar-refractivity contribution in [3.05, 3.63) is 34.8 Å². The standard InChI is InChI=1S/C14H16BrNO4/c1-2-3-16(9-14(17)18)8-10-6-12-13(7-11(10)15)20-5-4-19-12/h2,6-7H,1,3-5,8-9H2,(H,17,18).